The molecular formula is C25H18F6N8. The third-order valence-electron chi connectivity index (χ3n) is 6.56. The summed E-state index contributed by atoms with van der Waals surface area (Å²) in [5.41, 5.74) is -0.470. The fourth-order valence-corrected chi connectivity index (χ4v) is 4.66. The summed E-state index contributed by atoms with van der Waals surface area (Å²) in [6.45, 7) is -0.425. The van der Waals surface area contributed by atoms with Crippen molar-refractivity contribution < 1.29 is 26.3 Å². The maximum atomic E-state index is 15.4. The Morgan fingerprint density at radius 2 is 1.85 bits per heavy atom. The van der Waals surface area contributed by atoms with Gasteiger partial charge in [-0.25, -0.2) is 22.5 Å². The topological polar surface area (TPSA) is 78.4 Å². The first-order valence-corrected chi connectivity index (χ1v) is 11.6. The van der Waals surface area contributed by atoms with Crippen molar-refractivity contribution in [3.05, 3.63) is 84.1 Å². The summed E-state index contributed by atoms with van der Waals surface area (Å²) in [5.74, 6) is -6.45. The molecule has 0 saturated carbocycles. The van der Waals surface area contributed by atoms with Gasteiger partial charge in [0, 0.05) is 37.0 Å². The highest BCUT2D eigenvalue weighted by atomic mass is 19.3. The lowest BCUT2D eigenvalue weighted by Gasteiger charge is -2.29. The molecule has 4 aromatic heterocycles. The fourth-order valence-electron chi connectivity index (χ4n) is 4.66. The van der Waals surface area contributed by atoms with Crippen molar-refractivity contribution in [2.75, 3.05) is 5.32 Å². The first-order valence-electron chi connectivity index (χ1n) is 11.6. The summed E-state index contributed by atoms with van der Waals surface area (Å²) >= 11 is 0. The number of aromatic nitrogens is 7. The Morgan fingerprint density at radius 1 is 1.05 bits per heavy atom. The quantitative estimate of drug-likeness (QED) is 0.285. The van der Waals surface area contributed by atoms with Crippen molar-refractivity contribution in [1.29, 1.82) is 0 Å². The molecule has 1 aliphatic heterocycles. The summed E-state index contributed by atoms with van der Waals surface area (Å²) in [7, 11) is 1.70. The van der Waals surface area contributed by atoms with Crippen LogP contribution in [-0.2, 0) is 19.5 Å². The molecular weight excluding hydrogens is 526 g/mol. The average molecular weight is 544 g/mol. The van der Waals surface area contributed by atoms with Gasteiger partial charge < -0.3 is 9.88 Å². The molecule has 0 saturated heterocycles. The van der Waals surface area contributed by atoms with Crippen LogP contribution in [0.15, 0.2) is 61.1 Å². The molecule has 0 bridgehead atoms. The van der Waals surface area contributed by atoms with E-state index in [4.69, 9.17) is 0 Å². The van der Waals surface area contributed by atoms with E-state index in [1.54, 1.807) is 24.0 Å². The molecule has 1 atom stereocenters. The number of nitrogens with zero attached hydrogens (tertiary/aromatic N) is 7. The number of halogens is 6. The lowest BCUT2D eigenvalue weighted by Crippen LogP contribution is -2.33. The minimum absolute atomic E-state index is 0.0909. The average Bonchev–Trinajstić information content (AvgIpc) is 3.63. The highest BCUT2D eigenvalue weighted by Crippen LogP contribution is 2.43. The summed E-state index contributed by atoms with van der Waals surface area (Å²) < 4.78 is 92.0. The molecule has 0 aliphatic carbocycles. The van der Waals surface area contributed by atoms with Crippen molar-refractivity contribution in [3.8, 4) is 22.6 Å². The van der Waals surface area contributed by atoms with Gasteiger partial charge in [0.05, 0.1) is 23.7 Å². The van der Waals surface area contributed by atoms with E-state index in [9.17, 15) is 17.6 Å². The first-order chi connectivity index (χ1) is 18.6. The van der Waals surface area contributed by atoms with Crippen LogP contribution in [0, 0.1) is 11.6 Å². The van der Waals surface area contributed by atoms with Crippen LogP contribution in [0.1, 0.15) is 17.4 Å². The molecule has 6 rings (SSSR count). The SMILES string of the molecule is Cn1nccc1Nc1cc(-c2cc3n(c2)C[C@H](C(F)F)n2c-3nnc2C(F)(F)c2ccccc2F)c(F)cn1. The zero-order valence-corrected chi connectivity index (χ0v) is 20.0. The lowest BCUT2D eigenvalue weighted by atomic mass is 10.1. The van der Waals surface area contributed by atoms with Crippen molar-refractivity contribution in [1.82, 2.24) is 34.1 Å². The van der Waals surface area contributed by atoms with Crippen molar-refractivity contribution in [2.45, 2.75) is 24.9 Å². The Labute approximate surface area is 216 Å². The summed E-state index contributed by atoms with van der Waals surface area (Å²) in [6, 6.07) is 6.94. The second-order valence-corrected chi connectivity index (χ2v) is 8.95. The van der Waals surface area contributed by atoms with Crippen LogP contribution in [0.2, 0.25) is 0 Å². The van der Waals surface area contributed by atoms with Gasteiger partial charge in [0.2, 0.25) is 5.82 Å². The molecule has 200 valence electrons. The largest absolute Gasteiger partial charge is 0.342 e. The van der Waals surface area contributed by atoms with E-state index >= 15 is 8.78 Å². The number of fused-ring (bicyclic) bond motifs is 3. The van der Waals surface area contributed by atoms with Gasteiger partial charge in [-0.05, 0) is 24.3 Å². The number of aryl methyl sites for hydroxylation is 1. The number of pyridine rings is 1. The molecule has 1 N–H and O–H groups in total. The predicted molar refractivity (Wildman–Crippen MR) is 128 cm³/mol. The van der Waals surface area contributed by atoms with E-state index < -0.39 is 48.0 Å². The Balaban J connectivity index is 1.44. The highest BCUT2D eigenvalue weighted by molar-refractivity contribution is 5.73. The van der Waals surface area contributed by atoms with Gasteiger partial charge in [0.25, 0.3) is 6.43 Å². The summed E-state index contributed by atoms with van der Waals surface area (Å²) in [4.78, 5) is 4.03. The molecule has 0 radical (unpaired) electrons. The van der Waals surface area contributed by atoms with Crippen LogP contribution in [-0.4, -0.2) is 40.5 Å². The van der Waals surface area contributed by atoms with Crippen LogP contribution < -0.4 is 5.32 Å². The summed E-state index contributed by atoms with van der Waals surface area (Å²) in [6.07, 6.45) is 0.918. The monoisotopic (exact) mass is 544 g/mol. The zero-order valence-electron chi connectivity index (χ0n) is 20.0. The van der Waals surface area contributed by atoms with E-state index in [-0.39, 0.29) is 22.6 Å². The maximum Gasteiger partial charge on any atom is 0.334 e. The molecule has 39 heavy (non-hydrogen) atoms. The smallest absolute Gasteiger partial charge is 0.334 e. The lowest BCUT2D eigenvalue weighted by molar-refractivity contribution is 0.0117. The molecule has 5 heterocycles. The van der Waals surface area contributed by atoms with Crippen LogP contribution in [0.4, 0.5) is 38.0 Å². The van der Waals surface area contributed by atoms with Crippen LogP contribution in [0.3, 0.4) is 0 Å². The van der Waals surface area contributed by atoms with E-state index in [1.165, 1.54) is 35.0 Å². The van der Waals surface area contributed by atoms with E-state index in [2.05, 4.69) is 25.6 Å². The van der Waals surface area contributed by atoms with Crippen LogP contribution >= 0.6 is 0 Å². The minimum atomic E-state index is -4.05. The zero-order chi connectivity index (χ0) is 27.5. The Hall–Kier alpha value is -4.62. The number of hydrogen-bond acceptors (Lipinski definition) is 5. The normalized spacial score (nSPS) is 14.9. The maximum absolute atomic E-state index is 15.4. The third kappa shape index (κ3) is 4.02. The molecule has 0 amide bonds. The second kappa shape index (κ2) is 8.99. The van der Waals surface area contributed by atoms with Gasteiger partial charge >= 0.3 is 5.92 Å². The first kappa shape index (κ1) is 24.7. The Bertz CT molecular complexity index is 1690. The molecule has 0 unspecified atom stereocenters. The fraction of sp³-hybridized carbons (Fsp3) is 0.200. The molecule has 0 spiro atoms. The number of benzene rings is 1. The van der Waals surface area contributed by atoms with Gasteiger partial charge in [-0.3, -0.25) is 9.25 Å². The molecule has 5 aromatic rings. The third-order valence-corrected chi connectivity index (χ3v) is 6.56. The van der Waals surface area contributed by atoms with Crippen LogP contribution in [0.25, 0.3) is 22.6 Å². The van der Waals surface area contributed by atoms with Gasteiger partial charge in [-0.1, -0.05) is 12.1 Å². The van der Waals surface area contributed by atoms with Gasteiger partial charge in [-0.15, -0.1) is 10.2 Å². The number of rotatable bonds is 6. The number of hydrogen-bond donors (Lipinski definition) is 1. The van der Waals surface area contributed by atoms with Crippen molar-refractivity contribution in [2.24, 2.45) is 7.05 Å². The Morgan fingerprint density at radius 3 is 2.56 bits per heavy atom. The summed E-state index contributed by atoms with van der Waals surface area (Å²) in [5, 5.41) is 14.4. The van der Waals surface area contributed by atoms with Crippen LogP contribution in [0.5, 0.6) is 0 Å². The Kier molecular flexibility index (Phi) is 5.70. The predicted octanol–water partition coefficient (Wildman–Crippen LogP) is 5.52. The number of nitrogens with one attached hydrogen (secondary N) is 1. The molecule has 14 heteroatoms. The molecule has 8 nitrogen and oxygen atoms in total. The molecule has 1 aromatic carbocycles. The van der Waals surface area contributed by atoms with E-state index in [1.807, 2.05) is 0 Å². The van der Waals surface area contributed by atoms with Gasteiger partial charge in [-0.2, -0.15) is 13.9 Å². The standard InChI is InChI=1S/C25H18F6N8/c1-37-21(6-7-33-37)34-20-9-14(17(27)10-32-20)13-8-18-23-35-36-24(25(30,31)15-4-2-3-5-16(15)26)39(23)19(22(28)29)12-38(18)11-13/h2-11,19,22H,12H2,1H3,(H,32,34)/t19-/m1/s1. The van der Waals surface area contributed by atoms with Crippen molar-refractivity contribution in [3.63, 3.8) is 0 Å². The van der Waals surface area contributed by atoms with E-state index in [0.717, 1.165) is 18.3 Å². The van der Waals surface area contributed by atoms with Gasteiger partial charge in [0.15, 0.2) is 5.82 Å². The number of alkyl halides is 4. The highest BCUT2D eigenvalue weighted by Gasteiger charge is 2.46. The van der Waals surface area contributed by atoms with Gasteiger partial charge in [0.1, 0.15) is 29.3 Å². The van der Waals surface area contributed by atoms with Crippen molar-refractivity contribution >= 4 is 11.6 Å². The second-order valence-electron chi connectivity index (χ2n) is 8.95. The minimum Gasteiger partial charge on any atom is -0.342 e. The van der Waals surface area contributed by atoms with E-state index in [0.29, 0.717) is 16.2 Å². The molecule has 0 fully saturated rings. The molecule has 1 aliphatic rings. The number of anilines is 2.